The third-order valence-electron chi connectivity index (χ3n) is 3.74. The molecule has 0 fully saturated rings. The molecule has 1 heterocycles. The molecule has 0 saturated carbocycles. The minimum atomic E-state index is -0.398. The number of rotatable bonds is 6. The second kappa shape index (κ2) is 8.96. The second-order valence-corrected chi connectivity index (χ2v) is 6.36. The van der Waals surface area contributed by atoms with Crippen LogP contribution in [0.15, 0.2) is 60.9 Å². The standard InChI is InChI=1S/C20H18ClN5O2/c1-13(27)25-15-6-4-7-16(9-15)26-20(28)18-11-24-19(12-22-18)23-10-14-5-2-3-8-17(14)21/h2-9,11-12H,10H2,1H3,(H,23,24)(H,25,27)(H,26,28). The molecule has 0 atom stereocenters. The predicted octanol–water partition coefficient (Wildman–Crippen LogP) is 3.95. The molecule has 0 saturated heterocycles. The van der Waals surface area contributed by atoms with Gasteiger partial charge in [0.15, 0.2) is 0 Å². The van der Waals surface area contributed by atoms with Crippen LogP contribution in [0.3, 0.4) is 0 Å². The smallest absolute Gasteiger partial charge is 0.275 e. The summed E-state index contributed by atoms with van der Waals surface area (Å²) in [4.78, 5) is 31.8. The van der Waals surface area contributed by atoms with E-state index in [0.29, 0.717) is 28.8 Å². The number of benzene rings is 2. The molecule has 7 nitrogen and oxygen atoms in total. The molecule has 1 aromatic heterocycles. The fourth-order valence-electron chi connectivity index (χ4n) is 2.44. The molecule has 8 heteroatoms. The summed E-state index contributed by atoms with van der Waals surface area (Å²) in [5.74, 6) is -0.0523. The van der Waals surface area contributed by atoms with Gasteiger partial charge in [0.1, 0.15) is 11.5 Å². The minimum absolute atomic E-state index is 0.174. The molecule has 28 heavy (non-hydrogen) atoms. The molecule has 2 aromatic carbocycles. The number of hydrogen-bond acceptors (Lipinski definition) is 5. The molecule has 0 aliphatic heterocycles. The molecule has 0 radical (unpaired) electrons. The molecule has 0 aliphatic rings. The van der Waals surface area contributed by atoms with E-state index in [1.54, 1.807) is 24.3 Å². The number of halogens is 1. The quantitative estimate of drug-likeness (QED) is 0.587. The normalized spacial score (nSPS) is 10.2. The predicted molar refractivity (Wildman–Crippen MR) is 110 cm³/mol. The summed E-state index contributed by atoms with van der Waals surface area (Å²) >= 11 is 6.12. The summed E-state index contributed by atoms with van der Waals surface area (Å²) in [6, 6.07) is 14.3. The van der Waals surface area contributed by atoms with E-state index < -0.39 is 5.91 Å². The fourth-order valence-corrected chi connectivity index (χ4v) is 2.64. The van der Waals surface area contributed by atoms with Crippen molar-refractivity contribution < 1.29 is 9.59 Å². The molecule has 3 N–H and O–H groups in total. The lowest BCUT2D eigenvalue weighted by Crippen LogP contribution is -2.15. The maximum absolute atomic E-state index is 12.3. The Morgan fingerprint density at radius 3 is 2.39 bits per heavy atom. The fraction of sp³-hybridized carbons (Fsp3) is 0.100. The van der Waals surface area contributed by atoms with E-state index in [4.69, 9.17) is 11.6 Å². The van der Waals surface area contributed by atoms with Gasteiger partial charge < -0.3 is 16.0 Å². The monoisotopic (exact) mass is 395 g/mol. The van der Waals surface area contributed by atoms with Gasteiger partial charge in [-0.3, -0.25) is 9.59 Å². The van der Waals surface area contributed by atoms with Crippen molar-refractivity contribution >= 4 is 40.6 Å². The van der Waals surface area contributed by atoms with Gasteiger partial charge in [0.25, 0.3) is 5.91 Å². The summed E-state index contributed by atoms with van der Waals surface area (Å²) in [6.45, 7) is 1.91. The van der Waals surface area contributed by atoms with Gasteiger partial charge in [-0.2, -0.15) is 0 Å². The summed E-state index contributed by atoms with van der Waals surface area (Å²) in [7, 11) is 0. The highest BCUT2D eigenvalue weighted by Crippen LogP contribution is 2.17. The van der Waals surface area contributed by atoms with Crippen LogP contribution < -0.4 is 16.0 Å². The van der Waals surface area contributed by atoms with Gasteiger partial charge in [-0.05, 0) is 29.8 Å². The van der Waals surface area contributed by atoms with Gasteiger partial charge in [0.05, 0.1) is 12.4 Å². The highest BCUT2D eigenvalue weighted by atomic mass is 35.5. The van der Waals surface area contributed by atoms with Crippen molar-refractivity contribution in [2.45, 2.75) is 13.5 Å². The van der Waals surface area contributed by atoms with Crippen LogP contribution in [-0.2, 0) is 11.3 Å². The number of hydrogen-bond donors (Lipinski definition) is 3. The maximum Gasteiger partial charge on any atom is 0.275 e. The summed E-state index contributed by atoms with van der Waals surface area (Å²) < 4.78 is 0. The van der Waals surface area contributed by atoms with E-state index in [2.05, 4.69) is 25.9 Å². The Balaban J connectivity index is 1.61. The highest BCUT2D eigenvalue weighted by molar-refractivity contribution is 6.31. The zero-order valence-electron chi connectivity index (χ0n) is 15.1. The molecular formula is C20H18ClN5O2. The number of amides is 2. The average molecular weight is 396 g/mol. The van der Waals surface area contributed by atoms with Crippen molar-refractivity contribution in [3.05, 3.63) is 77.2 Å². The van der Waals surface area contributed by atoms with Crippen molar-refractivity contribution in [1.82, 2.24) is 9.97 Å². The summed E-state index contributed by atoms with van der Waals surface area (Å²) in [6.07, 6.45) is 2.88. The maximum atomic E-state index is 12.3. The van der Waals surface area contributed by atoms with Gasteiger partial charge in [-0.1, -0.05) is 35.9 Å². The highest BCUT2D eigenvalue weighted by Gasteiger charge is 2.09. The van der Waals surface area contributed by atoms with Gasteiger partial charge in [-0.15, -0.1) is 0 Å². The summed E-state index contributed by atoms with van der Waals surface area (Å²) in [5, 5.41) is 9.17. The lowest BCUT2D eigenvalue weighted by Gasteiger charge is -2.09. The van der Waals surface area contributed by atoms with E-state index in [9.17, 15) is 9.59 Å². The zero-order valence-corrected chi connectivity index (χ0v) is 15.8. The Hall–Kier alpha value is -3.45. The van der Waals surface area contributed by atoms with E-state index in [1.165, 1.54) is 19.3 Å². The average Bonchev–Trinajstić information content (AvgIpc) is 2.67. The van der Waals surface area contributed by atoms with Crippen molar-refractivity contribution in [2.75, 3.05) is 16.0 Å². The molecule has 142 valence electrons. The second-order valence-electron chi connectivity index (χ2n) is 5.95. The first-order valence-corrected chi connectivity index (χ1v) is 8.87. The topological polar surface area (TPSA) is 96.0 Å². The van der Waals surface area contributed by atoms with Crippen LogP contribution in [0.25, 0.3) is 0 Å². The van der Waals surface area contributed by atoms with Gasteiger partial charge in [0, 0.05) is 29.9 Å². The van der Waals surface area contributed by atoms with Crippen LogP contribution in [0.4, 0.5) is 17.2 Å². The Morgan fingerprint density at radius 2 is 1.71 bits per heavy atom. The first kappa shape index (κ1) is 19.3. The van der Waals surface area contributed by atoms with Gasteiger partial charge in [0.2, 0.25) is 5.91 Å². The Kier molecular flexibility index (Phi) is 6.18. The molecule has 0 unspecified atom stereocenters. The van der Waals surface area contributed by atoms with Crippen LogP contribution in [-0.4, -0.2) is 21.8 Å². The van der Waals surface area contributed by atoms with E-state index in [1.807, 2.05) is 24.3 Å². The van der Waals surface area contributed by atoms with E-state index >= 15 is 0 Å². The molecular weight excluding hydrogens is 378 g/mol. The zero-order chi connectivity index (χ0) is 19.9. The lowest BCUT2D eigenvalue weighted by molar-refractivity contribution is -0.114. The number of carbonyl (C=O) groups excluding carboxylic acids is 2. The van der Waals surface area contributed by atoms with E-state index in [0.717, 1.165) is 5.56 Å². The number of anilines is 3. The number of nitrogens with zero attached hydrogens (tertiary/aromatic N) is 2. The SMILES string of the molecule is CC(=O)Nc1cccc(NC(=O)c2cnc(NCc3ccccc3Cl)cn2)c1. The van der Waals surface area contributed by atoms with E-state index in [-0.39, 0.29) is 11.6 Å². The third kappa shape index (κ3) is 5.28. The molecule has 2 amide bonds. The Bertz CT molecular complexity index is 992. The minimum Gasteiger partial charge on any atom is -0.365 e. The third-order valence-corrected chi connectivity index (χ3v) is 4.11. The lowest BCUT2D eigenvalue weighted by atomic mass is 10.2. The van der Waals surface area contributed by atoms with Gasteiger partial charge in [-0.25, -0.2) is 9.97 Å². The van der Waals surface area contributed by atoms with Crippen LogP contribution in [0.1, 0.15) is 23.0 Å². The van der Waals surface area contributed by atoms with Crippen LogP contribution in [0.2, 0.25) is 5.02 Å². The molecule has 3 aromatic rings. The molecule has 0 bridgehead atoms. The number of aromatic nitrogens is 2. The van der Waals surface area contributed by atoms with Crippen molar-refractivity contribution in [2.24, 2.45) is 0 Å². The first-order valence-electron chi connectivity index (χ1n) is 8.49. The van der Waals surface area contributed by atoms with Crippen molar-refractivity contribution in [3.8, 4) is 0 Å². The molecule has 0 spiro atoms. The van der Waals surface area contributed by atoms with Crippen LogP contribution in [0.5, 0.6) is 0 Å². The van der Waals surface area contributed by atoms with Crippen LogP contribution >= 0.6 is 11.6 Å². The number of nitrogens with one attached hydrogen (secondary N) is 3. The van der Waals surface area contributed by atoms with Crippen molar-refractivity contribution in [1.29, 1.82) is 0 Å². The Labute approximate surface area is 167 Å². The number of carbonyl (C=O) groups is 2. The van der Waals surface area contributed by atoms with Crippen molar-refractivity contribution in [3.63, 3.8) is 0 Å². The Morgan fingerprint density at radius 1 is 0.964 bits per heavy atom. The molecule has 3 rings (SSSR count). The largest absolute Gasteiger partial charge is 0.365 e. The molecule has 0 aliphatic carbocycles. The summed E-state index contributed by atoms with van der Waals surface area (Å²) in [5.41, 5.74) is 2.24. The van der Waals surface area contributed by atoms with Crippen LogP contribution in [0, 0.1) is 0 Å². The first-order chi connectivity index (χ1) is 13.5. The van der Waals surface area contributed by atoms with Gasteiger partial charge >= 0.3 is 0 Å².